The van der Waals surface area contributed by atoms with Crippen LogP contribution >= 0.6 is 0 Å². The largest absolute Gasteiger partial charge is 0.396 e. The molecule has 0 aliphatic carbocycles. The summed E-state index contributed by atoms with van der Waals surface area (Å²) in [6, 6.07) is 0. The Bertz CT molecular complexity index is 154. The van der Waals surface area contributed by atoms with E-state index in [0.717, 1.165) is 0 Å². The highest BCUT2D eigenvalue weighted by molar-refractivity contribution is 5.80. The second kappa shape index (κ2) is 2.13. The van der Waals surface area contributed by atoms with Gasteiger partial charge in [-0.2, -0.15) is 0 Å². The van der Waals surface area contributed by atoms with Gasteiger partial charge in [-0.25, -0.2) is 0 Å². The van der Waals surface area contributed by atoms with Gasteiger partial charge in [-0.05, 0) is 6.42 Å². The first-order chi connectivity index (χ1) is 4.52. The molecule has 0 bridgehead atoms. The van der Waals surface area contributed by atoms with Crippen LogP contribution in [0, 0.1) is 5.92 Å². The van der Waals surface area contributed by atoms with E-state index in [9.17, 15) is 4.79 Å². The maximum Gasteiger partial charge on any atom is 0.225 e. The van der Waals surface area contributed by atoms with Crippen molar-refractivity contribution < 1.29 is 12.6 Å². The zero-order valence-electron chi connectivity index (χ0n) is 6.35. The van der Waals surface area contributed by atoms with E-state index in [1.54, 1.807) is 0 Å². The molecule has 0 aromatic rings. The van der Waals surface area contributed by atoms with Crippen LogP contribution in [0.5, 0.6) is 0 Å². The van der Waals surface area contributed by atoms with Crippen LogP contribution in [0.2, 0.25) is 0 Å². The topological polar surface area (TPSA) is 49.3 Å². The summed E-state index contributed by atoms with van der Waals surface area (Å²) >= 11 is 0. The zero-order chi connectivity index (χ0) is 7.78. The highest BCUT2D eigenvalue weighted by Crippen LogP contribution is 2.06. The van der Waals surface area contributed by atoms with Crippen molar-refractivity contribution in [3.63, 3.8) is 0 Å². The Hall–Kier alpha value is -0.570. The second-order valence-electron chi connectivity index (χ2n) is 1.76. The number of amides is 1. The molecular formula is C5H9NO2. The maximum atomic E-state index is 10.7. The molecule has 8 heavy (non-hydrogen) atoms. The van der Waals surface area contributed by atoms with Crippen molar-refractivity contribution in [3.8, 4) is 0 Å². The first kappa shape index (κ1) is 3.45. The molecule has 0 radical (unpaired) electrons. The highest BCUT2D eigenvalue weighted by atomic mass is 16.3. The highest BCUT2D eigenvalue weighted by Gasteiger charge is 2.22. The minimum absolute atomic E-state index is 0.377. The van der Waals surface area contributed by atoms with Gasteiger partial charge < -0.3 is 10.4 Å². The van der Waals surface area contributed by atoms with E-state index in [1.807, 2.05) is 0 Å². The molecule has 3 nitrogen and oxygen atoms in total. The lowest BCUT2D eigenvalue weighted by molar-refractivity contribution is -0.123. The molecule has 2 N–H and O–H groups in total. The van der Waals surface area contributed by atoms with Gasteiger partial charge in [0.15, 0.2) is 0 Å². The first-order valence-electron chi connectivity index (χ1n) is 3.52. The molecule has 1 amide bonds. The molecule has 1 atom stereocenters. The summed E-state index contributed by atoms with van der Waals surface area (Å²) in [5.74, 6) is -1.28. The Labute approximate surface area is 50.5 Å². The molecule has 1 aliphatic heterocycles. The summed E-state index contributed by atoms with van der Waals surface area (Å²) in [5, 5.41) is 11.2. The van der Waals surface area contributed by atoms with Gasteiger partial charge in [0.2, 0.25) is 5.91 Å². The summed E-state index contributed by atoms with van der Waals surface area (Å²) in [7, 11) is 0. The van der Waals surface area contributed by atoms with E-state index >= 15 is 0 Å². The number of hydrogen-bond donors (Lipinski definition) is 2. The van der Waals surface area contributed by atoms with Gasteiger partial charge >= 0.3 is 0 Å². The van der Waals surface area contributed by atoms with Crippen molar-refractivity contribution in [1.82, 2.24) is 5.32 Å². The Morgan fingerprint density at radius 3 is 3.12 bits per heavy atom. The summed E-state index contributed by atoms with van der Waals surface area (Å²) < 4.78 is 13.6. The van der Waals surface area contributed by atoms with Gasteiger partial charge in [0.1, 0.15) is 0 Å². The van der Waals surface area contributed by atoms with Gasteiger partial charge in [0.25, 0.3) is 0 Å². The Balaban J connectivity index is 2.64. The Morgan fingerprint density at radius 1 is 2.12 bits per heavy atom. The molecule has 0 aromatic heterocycles. The molecule has 0 saturated carbocycles. The monoisotopic (exact) mass is 117 g/mol. The van der Waals surface area contributed by atoms with E-state index in [-0.39, 0.29) is 0 Å². The van der Waals surface area contributed by atoms with Crippen LogP contribution in [0.15, 0.2) is 0 Å². The predicted molar refractivity (Wildman–Crippen MR) is 28.2 cm³/mol. The van der Waals surface area contributed by atoms with E-state index < -0.39 is 18.4 Å². The van der Waals surface area contributed by atoms with Crippen molar-refractivity contribution >= 4 is 5.91 Å². The number of carbonyl (C=O) groups is 1. The molecular weight excluding hydrogens is 106 g/mol. The van der Waals surface area contributed by atoms with Crippen LogP contribution in [0.4, 0.5) is 0 Å². The first-order valence-corrected chi connectivity index (χ1v) is 2.52. The summed E-state index contributed by atoms with van der Waals surface area (Å²) in [6.07, 6.45) is 0.377. The van der Waals surface area contributed by atoms with Gasteiger partial charge in [-0.15, -0.1) is 0 Å². The molecule has 1 heterocycles. The molecule has 1 saturated heterocycles. The quantitative estimate of drug-likeness (QED) is 0.468. The van der Waals surface area contributed by atoms with Gasteiger partial charge in [-0.3, -0.25) is 4.79 Å². The average Bonchev–Trinajstić information content (AvgIpc) is 2.11. The van der Waals surface area contributed by atoms with Gasteiger partial charge in [0, 0.05) is 6.54 Å². The number of carbonyl (C=O) groups excluding carboxylic acids is 1. The zero-order valence-corrected chi connectivity index (χ0v) is 4.35. The van der Waals surface area contributed by atoms with Crippen molar-refractivity contribution in [3.05, 3.63) is 0 Å². The van der Waals surface area contributed by atoms with E-state index in [1.165, 1.54) is 0 Å². The predicted octanol–water partition coefficient (Wildman–Crippen LogP) is -0.885. The molecule has 1 rings (SSSR count). The van der Waals surface area contributed by atoms with E-state index in [4.69, 9.17) is 7.85 Å². The van der Waals surface area contributed by atoms with Crippen molar-refractivity contribution in [1.29, 1.82) is 0 Å². The summed E-state index contributed by atoms with van der Waals surface area (Å²) in [4.78, 5) is 10.7. The van der Waals surface area contributed by atoms with E-state index in [0.29, 0.717) is 13.0 Å². The fourth-order valence-electron chi connectivity index (χ4n) is 0.717. The molecule has 1 unspecified atom stereocenters. The smallest absolute Gasteiger partial charge is 0.225 e. The number of nitrogens with one attached hydrogen (secondary N) is 1. The minimum Gasteiger partial charge on any atom is -0.396 e. The third-order valence-electron chi connectivity index (χ3n) is 1.20. The van der Waals surface area contributed by atoms with Crippen molar-refractivity contribution in [2.24, 2.45) is 5.92 Å². The van der Waals surface area contributed by atoms with Gasteiger partial charge in [0.05, 0.1) is 15.2 Å². The lowest BCUT2D eigenvalue weighted by atomic mass is 10.1. The van der Waals surface area contributed by atoms with Crippen LogP contribution in [0.25, 0.3) is 0 Å². The molecule has 0 spiro atoms. The molecule has 46 valence electrons. The fourth-order valence-corrected chi connectivity index (χ4v) is 0.717. The third-order valence-corrected chi connectivity index (χ3v) is 1.20. The van der Waals surface area contributed by atoms with Crippen molar-refractivity contribution in [2.75, 3.05) is 13.1 Å². The second-order valence-corrected chi connectivity index (χ2v) is 1.76. The van der Waals surface area contributed by atoms with Crippen LogP contribution in [-0.4, -0.2) is 24.1 Å². The normalized spacial score (nSPS) is 33.6. The van der Waals surface area contributed by atoms with E-state index in [2.05, 4.69) is 5.32 Å². The standard InChI is InChI=1S/C5H9NO2/c7-3-4-1-2-6-5(4)8/h4,7H,1-3H2,(H,6,8)/i3D2. The lowest BCUT2D eigenvalue weighted by Gasteiger charge is -1.96. The summed E-state index contributed by atoms with van der Waals surface area (Å²) in [5.41, 5.74) is 0. The third kappa shape index (κ3) is 0.816. The molecule has 3 heteroatoms. The Kier molecular flexibility index (Phi) is 0.921. The van der Waals surface area contributed by atoms with Gasteiger partial charge in [-0.1, -0.05) is 0 Å². The molecule has 1 aliphatic rings. The maximum absolute atomic E-state index is 10.7. The molecule has 0 aromatic carbocycles. The number of aliphatic hydroxyl groups is 1. The minimum atomic E-state index is -2.36. The van der Waals surface area contributed by atoms with Crippen LogP contribution in [0.3, 0.4) is 0 Å². The van der Waals surface area contributed by atoms with Crippen LogP contribution in [-0.2, 0) is 4.79 Å². The van der Waals surface area contributed by atoms with Crippen LogP contribution in [0.1, 0.15) is 9.16 Å². The lowest BCUT2D eigenvalue weighted by Crippen LogP contribution is -2.20. The fraction of sp³-hybridized carbons (Fsp3) is 0.800. The SMILES string of the molecule is [2H]C([2H])(O)C1CCNC1=O. The Morgan fingerprint density at radius 2 is 2.88 bits per heavy atom. The number of rotatable bonds is 1. The van der Waals surface area contributed by atoms with Crippen LogP contribution < -0.4 is 5.32 Å². The average molecular weight is 117 g/mol. The molecule has 1 fully saturated rings. The summed E-state index contributed by atoms with van der Waals surface area (Å²) in [6.45, 7) is -1.90. The van der Waals surface area contributed by atoms with Crippen molar-refractivity contribution in [2.45, 2.75) is 6.42 Å². The number of hydrogen-bond acceptors (Lipinski definition) is 2.